The maximum absolute atomic E-state index is 12.5. The second-order valence-electron chi connectivity index (χ2n) is 10.3. The smallest absolute Gasteiger partial charge is 0.344 e. The number of hydrogen-bond donors (Lipinski definition) is 0. The van der Waals surface area contributed by atoms with E-state index >= 15 is 0 Å². The molecule has 53 heavy (non-hydrogen) atoms. The molecule has 0 spiro atoms. The Morgan fingerprint density at radius 1 is 0.321 bits per heavy atom. The van der Waals surface area contributed by atoms with Crippen molar-refractivity contribution in [2.24, 2.45) is 10.8 Å². The van der Waals surface area contributed by atoms with E-state index in [2.05, 4.69) is 53.7 Å². The summed E-state index contributed by atoms with van der Waals surface area (Å²) in [7, 11) is 0. The first kappa shape index (κ1) is 46.6. The Balaban J connectivity index is 6.71. The molecule has 0 rings (SSSR count). The molecule has 0 unspecified atom stereocenters. The minimum atomic E-state index is -1.87. The third-order valence-electron chi connectivity index (χ3n) is 5.99. The van der Waals surface area contributed by atoms with E-state index in [4.69, 9.17) is 33.2 Å². The van der Waals surface area contributed by atoms with Crippen LogP contribution in [0.2, 0.25) is 0 Å². The molecule has 0 aliphatic carbocycles. The van der Waals surface area contributed by atoms with Crippen molar-refractivity contribution in [3.05, 3.63) is 75.9 Å². The lowest BCUT2D eigenvalue weighted by Gasteiger charge is -2.35. The molecule has 0 atom stereocenters. The molecule has 290 valence electrons. The summed E-state index contributed by atoms with van der Waals surface area (Å²) in [4.78, 5) is 108. The second-order valence-corrected chi connectivity index (χ2v) is 10.3. The first-order valence-electron chi connectivity index (χ1n) is 14.9. The number of ether oxygens (including phenoxy) is 10. The van der Waals surface area contributed by atoms with Crippen LogP contribution >= 0.6 is 0 Å². The predicted molar refractivity (Wildman–Crippen MR) is 175 cm³/mol. The number of esters is 9. The lowest BCUT2D eigenvalue weighted by atomic mass is 9.90. The molecule has 0 saturated heterocycles. The fourth-order valence-corrected chi connectivity index (χ4v) is 3.23. The van der Waals surface area contributed by atoms with Crippen LogP contribution in [0.4, 0.5) is 0 Å². The fraction of sp³-hybridized carbons (Fsp3) is 0.382. The van der Waals surface area contributed by atoms with E-state index in [1.165, 1.54) is 0 Å². The molecule has 0 fully saturated rings. The zero-order valence-corrected chi connectivity index (χ0v) is 28.7. The van der Waals surface area contributed by atoms with E-state index in [9.17, 15) is 43.2 Å². The van der Waals surface area contributed by atoms with Gasteiger partial charge in [-0.2, -0.15) is 0 Å². The van der Waals surface area contributed by atoms with Gasteiger partial charge < -0.3 is 47.4 Å². The van der Waals surface area contributed by atoms with Gasteiger partial charge in [-0.25, -0.2) is 43.2 Å². The Kier molecular flexibility index (Phi) is 22.5. The summed E-state index contributed by atoms with van der Waals surface area (Å²) in [5, 5.41) is 0. The van der Waals surface area contributed by atoms with E-state index in [-0.39, 0.29) is 0 Å². The van der Waals surface area contributed by atoms with E-state index in [1.807, 2.05) is 0 Å². The molecule has 0 aromatic carbocycles. The lowest BCUT2D eigenvalue weighted by Crippen LogP contribution is -2.47. The van der Waals surface area contributed by atoms with Crippen LogP contribution in [-0.4, -0.2) is 126 Å². The van der Waals surface area contributed by atoms with Gasteiger partial charge in [0.05, 0.1) is 24.0 Å². The Morgan fingerprint density at radius 2 is 0.528 bits per heavy atom. The van der Waals surface area contributed by atoms with Crippen molar-refractivity contribution >= 4 is 53.7 Å². The van der Waals surface area contributed by atoms with Crippen LogP contribution in [0.25, 0.3) is 0 Å². The van der Waals surface area contributed by atoms with Crippen molar-refractivity contribution in [1.82, 2.24) is 0 Å². The topological polar surface area (TPSA) is 246 Å². The number of rotatable bonds is 28. The van der Waals surface area contributed by atoms with Crippen LogP contribution in [0.3, 0.4) is 0 Å². The van der Waals surface area contributed by atoms with Crippen LogP contribution in [0, 0.1) is 10.8 Å². The van der Waals surface area contributed by atoms with Gasteiger partial charge in [0.15, 0.2) is 19.8 Å². The summed E-state index contributed by atoms with van der Waals surface area (Å²) in [6.45, 7) is 11.2. The van der Waals surface area contributed by atoms with E-state index in [1.54, 1.807) is 0 Å². The molecule has 0 bridgehead atoms. The largest absolute Gasteiger partial charge is 0.462 e. The molecular weight excluding hydrogens is 712 g/mol. The number of carbonyl (C=O) groups is 9. The molecular formula is C34H40O19. The van der Waals surface area contributed by atoms with E-state index < -0.39 is 137 Å². The van der Waals surface area contributed by atoms with Crippen LogP contribution in [-0.2, 0) is 90.5 Å². The van der Waals surface area contributed by atoms with E-state index in [0.717, 1.165) is 36.5 Å². The summed E-state index contributed by atoms with van der Waals surface area (Å²) in [5.74, 6) is -9.09. The minimum absolute atomic E-state index is 0.602. The highest BCUT2D eigenvalue weighted by Gasteiger charge is 2.41. The van der Waals surface area contributed by atoms with Crippen LogP contribution in [0.5, 0.6) is 0 Å². The van der Waals surface area contributed by atoms with Gasteiger partial charge in [0, 0.05) is 36.5 Å². The van der Waals surface area contributed by atoms with Crippen molar-refractivity contribution in [3.63, 3.8) is 0 Å². The van der Waals surface area contributed by atoms with Gasteiger partial charge >= 0.3 is 53.7 Å². The molecule has 0 aromatic heterocycles. The molecule has 0 aliphatic heterocycles. The van der Waals surface area contributed by atoms with Gasteiger partial charge in [0.25, 0.3) is 0 Å². The molecule has 0 amide bonds. The first-order valence-corrected chi connectivity index (χ1v) is 14.9. The second kappa shape index (κ2) is 25.6. The summed E-state index contributed by atoms with van der Waals surface area (Å²) < 4.78 is 50.9. The zero-order valence-electron chi connectivity index (χ0n) is 28.7. The van der Waals surface area contributed by atoms with Crippen molar-refractivity contribution in [2.45, 2.75) is 0 Å². The summed E-state index contributed by atoms with van der Waals surface area (Å²) in [6, 6.07) is 0. The molecule has 0 aromatic rings. The quantitative estimate of drug-likeness (QED) is 0.0579. The van der Waals surface area contributed by atoms with Crippen molar-refractivity contribution < 1.29 is 90.5 Å². The van der Waals surface area contributed by atoms with Crippen LogP contribution < -0.4 is 0 Å². The third kappa shape index (κ3) is 20.8. The number of carbonyl (C=O) groups excluding carboxylic acids is 9. The molecule has 0 radical (unpaired) electrons. The van der Waals surface area contributed by atoms with E-state index in [0.29, 0.717) is 0 Å². The van der Waals surface area contributed by atoms with Crippen molar-refractivity contribution in [1.29, 1.82) is 0 Å². The van der Waals surface area contributed by atoms with Crippen molar-refractivity contribution in [3.8, 4) is 0 Å². The average Bonchev–Trinajstić information content (AvgIpc) is 3.17. The average molecular weight is 753 g/mol. The highest BCUT2D eigenvalue weighted by Crippen LogP contribution is 2.26. The van der Waals surface area contributed by atoms with Gasteiger partial charge in [-0.15, -0.1) is 0 Å². The monoisotopic (exact) mass is 752 g/mol. The normalized spacial score (nSPS) is 10.4. The van der Waals surface area contributed by atoms with Gasteiger partial charge in [-0.1, -0.05) is 39.5 Å². The zero-order chi connectivity index (χ0) is 40.3. The van der Waals surface area contributed by atoms with Crippen LogP contribution in [0.1, 0.15) is 0 Å². The highest BCUT2D eigenvalue weighted by molar-refractivity contribution is 5.85. The third-order valence-corrected chi connectivity index (χ3v) is 5.99. The Labute approximate surface area is 303 Å². The Morgan fingerprint density at radius 3 is 0.755 bits per heavy atom. The maximum atomic E-state index is 12.5. The summed E-state index contributed by atoms with van der Waals surface area (Å²) in [5.41, 5.74) is -3.53. The Hall–Kier alpha value is -6.37. The summed E-state index contributed by atoms with van der Waals surface area (Å²) in [6.07, 6.45) is 4.80. The van der Waals surface area contributed by atoms with Gasteiger partial charge in [0.2, 0.25) is 0 Å². The fourth-order valence-electron chi connectivity index (χ4n) is 3.23. The maximum Gasteiger partial charge on any atom is 0.344 e. The number of hydrogen-bond acceptors (Lipinski definition) is 19. The van der Waals surface area contributed by atoms with Crippen molar-refractivity contribution in [2.75, 3.05) is 72.7 Å². The molecule has 0 heterocycles. The van der Waals surface area contributed by atoms with Gasteiger partial charge in [0.1, 0.15) is 39.6 Å². The molecule has 0 saturated carbocycles. The minimum Gasteiger partial charge on any atom is -0.462 e. The molecule has 0 N–H and O–H groups in total. The molecule has 19 heteroatoms. The van der Waals surface area contributed by atoms with Crippen LogP contribution in [0.15, 0.2) is 75.9 Å². The lowest BCUT2D eigenvalue weighted by molar-refractivity contribution is -0.179. The summed E-state index contributed by atoms with van der Waals surface area (Å²) >= 11 is 0. The SMILES string of the molecule is C=CC(=O)OCC(=O)OCC(COCC(COC(=O)C=C)(COC(=O)C=C)COC(=O)C=C)(COC(=O)COC(=O)C=C)COC(=O)COC(=O)C=C. The standard InChI is InChI=1S/C34H40O19/c1-7-24(35)45-13-30(41)51-21-34(22-52-31(42)14-46-25(36)8-2,23-53-32(43)15-47-26(37)9-3)17-44-16-33(18-48-27(38)10-4,19-49-28(39)11-5)20-50-29(40)12-6/h7-12H,1-6,13-23H2. The van der Waals surface area contributed by atoms with Gasteiger partial charge in [-0.3, -0.25) is 0 Å². The molecule has 0 aliphatic rings. The first-order chi connectivity index (χ1) is 25.1. The molecule has 19 nitrogen and oxygen atoms in total. The predicted octanol–water partition coefficient (Wildman–Crippen LogP) is -0.0194. The van der Waals surface area contributed by atoms with Gasteiger partial charge in [-0.05, 0) is 0 Å². The Bertz CT molecular complexity index is 1250. The highest BCUT2D eigenvalue weighted by atomic mass is 16.6.